The van der Waals surface area contributed by atoms with E-state index in [-0.39, 0.29) is 0 Å². The molecule has 108 valence electrons. The molecule has 2 N–H and O–H groups in total. The largest absolute Gasteiger partial charge is 0.396 e. The van der Waals surface area contributed by atoms with E-state index < -0.39 is 5.79 Å². The second-order valence-electron chi connectivity index (χ2n) is 5.02. The Hall–Kier alpha value is -0.900. The molecule has 1 aromatic rings. The minimum atomic E-state index is -0.764. The average molecular weight is 266 g/mol. The average Bonchev–Trinajstić information content (AvgIpc) is 2.89. The Labute approximate surface area is 116 Å². The van der Waals surface area contributed by atoms with Crippen LogP contribution < -0.4 is 0 Å². The van der Waals surface area contributed by atoms with Gasteiger partial charge in [0, 0.05) is 26.6 Å². The summed E-state index contributed by atoms with van der Waals surface area (Å²) in [6, 6.07) is 10.4. The lowest BCUT2D eigenvalue weighted by Gasteiger charge is -2.18. The van der Waals surface area contributed by atoms with Gasteiger partial charge in [-0.05, 0) is 37.7 Å². The molecule has 0 radical (unpaired) electrons. The standard InChI is InChI=1S/C10H14O.C6H12O2/c11-9-5-4-8-10-6-2-1-3-7-10;1-8-6(7)4-2-3-5-6/h1-3,6-7,11H,4-5,8-9H2;7H,2-5H2,1H3. The first-order valence-corrected chi connectivity index (χ1v) is 7.12. The van der Waals surface area contributed by atoms with Crippen LogP contribution >= 0.6 is 0 Å². The fraction of sp³-hybridized carbons (Fsp3) is 0.625. The molecule has 1 aromatic carbocycles. The van der Waals surface area contributed by atoms with E-state index in [0.29, 0.717) is 6.61 Å². The summed E-state index contributed by atoms with van der Waals surface area (Å²) < 4.78 is 4.85. The molecule has 0 bridgehead atoms. The molecule has 19 heavy (non-hydrogen) atoms. The van der Waals surface area contributed by atoms with Crippen molar-refractivity contribution in [2.75, 3.05) is 13.7 Å². The van der Waals surface area contributed by atoms with Crippen molar-refractivity contribution >= 4 is 0 Å². The third-order valence-electron chi connectivity index (χ3n) is 3.48. The molecule has 0 atom stereocenters. The number of benzene rings is 1. The van der Waals surface area contributed by atoms with E-state index >= 15 is 0 Å². The number of hydrogen-bond donors (Lipinski definition) is 2. The molecule has 1 fully saturated rings. The summed E-state index contributed by atoms with van der Waals surface area (Å²) in [5.41, 5.74) is 1.36. The number of aliphatic hydroxyl groups excluding tert-OH is 1. The molecule has 0 heterocycles. The fourth-order valence-electron chi connectivity index (χ4n) is 2.22. The van der Waals surface area contributed by atoms with E-state index in [1.165, 1.54) is 5.56 Å². The van der Waals surface area contributed by atoms with E-state index in [1.54, 1.807) is 7.11 Å². The van der Waals surface area contributed by atoms with E-state index in [1.807, 2.05) is 18.2 Å². The minimum Gasteiger partial charge on any atom is -0.396 e. The van der Waals surface area contributed by atoms with Gasteiger partial charge in [-0.3, -0.25) is 0 Å². The third-order valence-corrected chi connectivity index (χ3v) is 3.48. The second kappa shape index (κ2) is 9.08. The predicted molar refractivity (Wildman–Crippen MR) is 76.9 cm³/mol. The quantitative estimate of drug-likeness (QED) is 0.636. The lowest BCUT2D eigenvalue weighted by Crippen LogP contribution is -2.25. The van der Waals surface area contributed by atoms with Crippen molar-refractivity contribution in [3.05, 3.63) is 35.9 Å². The lowest BCUT2D eigenvalue weighted by atomic mass is 10.1. The maximum atomic E-state index is 9.28. The molecule has 3 nitrogen and oxygen atoms in total. The molecule has 0 unspecified atom stereocenters. The molecule has 3 heteroatoms. The number of aryl methyl sites for hydroxylation is 1. The van der Waals surface area contributed by atoms with Crippen LogP contribution in [0, 0.1) is 0 Å². The monoisotopic (exact) mass is 266 g/mol. The van der Waals surface area contributed by atoms with Crippen molar-refractivity contribution < 1.29 is 14.9 Å². The highest BCUT2D eigenvalue weighted by atomic mass is 16.6. The van der Waals surface area contributed by atoms with E-state index in [4.69, 9.17) is 9.84 Å². The molecule has 0 saturated heterocycles. The zero-order chi connectivity index (χ0) is 14.0. The Morgan fingerprint density at radius 1 is 1.11 bits per heavy atom. The van der Waals surface area contributed by atoms with Gasteiger partial charge in [0.05, 0.1) is 0 Å². The van der Waals surface area contributed by atoms with Gasteiger partial charge in [-0.2, -0.15) is 0 Å². The van der Waals surface area contributed by atoms with Crippen molar-refractivity contribution in [2.45, 2.75) is 50.7 Å². The van der Waals surface area contributed by atoms with Crippen LogP contribution in [-0.2, 0) is 11.2 Å². The van der Waals surface area contributed by atoms with Crippen molar-refractivity contribution in [1.82, 2.24) is 0 Å². The van der Waals surface area contributed by atoms with Crippen LogP contribution in [0.4, 0.5) is 0 Å². The minimum absolute atomic E-state index is 0.312. The predicted octanol–water partition coefficient (Wildman–Crippen LogP) is 2.90. The Morgan fingerprint density at radius 2 is 1.74 bits per heavy atom. The normalized spacial score (nSPS) is 16.8. The molecule has 0 aliphatic heterocycles. The Balaban J connectivity index is 0.000000200. The summed E-state index contributed by atoms with van der Waals surface area (Å²) in [5, 5.41) is 17.8. The maximum absolute atomic E-state index is 9.28. The fourth-order valence-corrected chi connectivity index (χ4v) is 2.22. The van der Waals surface area contributed by atoms with Crippen LogP contribution in [0.3, 0.4) is 0 Å². The summed E-state index contributed by atoms with van der Waals surface area (Å²) in [6.07, 6.45) is 6.90. The van der Waals surface area contributed by atoms with Gasteiger partial charge in [0.15, 0.2) is 5.79 Å². The number of methoxy groups -OCH3 is 1. The number of aliphatic hydroxyl groups is 2. The second-order valence-corrected chi connectivity index (χ2v) is 5.02. The molecule has 0 spiro atoms. The zero-order valence-corrected chi connectivity index (χ0v) is 11.8. The van der Waals surface area contributed by atoms with E-state index in [0.717, 1.165) is 44.9 Å². The van der Waals surface area contributed by atoms with Crippen LogP contribution in [0.5, 0.6) is 0 Å². The van der Waals surface area contributed by atoms with Gasteiger partial charge in [0.2, 0.25) is 0 Å². The summed E-state index contributed by atoms with van der Waals surface area (Å²) in [4.78, 5) is 0. The highest BCUT2D eigenvalue weighted by Crippen LogP contribution is 2.29. The van der Waals surface area contributed by atoms with Crippen LogP contribution in [0.1, 0.15) is 44.1 Å². The SMILES string of the molecule is COC1(O)CCCC1.OCCCCc1ccccc1. The number of rotatable bonds is 5. The number of unbranched alkanes of at least 4 members (excludes halogenated alkanes) is 1. The molecule has 1 aliphatic carbocycles. The summed E-state index contributed by atoms with van der Waals surface area (Å²) >= 11 is 0. The molecule has 1 aliphatic rings. The van der Waals surface area contributed by atoms with Gasteiger partial charge in [0.1, 0.15) is 0 Å². The summed E-state index contributed by atoms with van der Waals surface area (Å²) in [6.45, 7) is 0.312. The van der Waals surface area contributed by atoms with Crippen LogP contribution in [-0.4, -0.2) is 29.7 Å². The van der Waals surface area contributed by atoms with E-state index in [2.05, 4.69) is 12.1 Å². The first-order valence-electron chi connectivity index (χ1n) is 7.12. The summed E-state index contributed by atoms with van der Waals surface area (Å²) in [7, 11) is 1.56. The van der Waals surface area contributed by atoms with Gasteiger partial charge in [0.25, 0.3) is 0 Å². The number of hydrogen-bond acceptors (Lipinski definition) is 3. The molecule has 0 amide bonds. The molecular weight excluding hydrogens is 240 g/mol. The Bertz CT molecular complexity index is 318. The first-order chi connectivity index (χ1) is 9.20. The Morgan fingerprint density at radius 3 is 2.21 bits per heavy atom. The van der Waals surface area contributed by atoms with Gasteiger partial charge in [-0.15, -0.1) is 0 Å². The smallest absolute Gasteiger partial charge is 0.165 e. The van der Waals surface area contributed by atoms with Crippen LogP contribution in [0.25, 0.3) is 0 Å². The topological polar surface area (TPSA) is 49.7 Å². The van der Waals surface area contributed by atoms with E-state index in [9.17, 15) is 5.11 Å². The van der Waals surface area contributed by atoms with Gasteiger partial charge in [-0.1, -0.05) is 30.3 Å². The number of ether oxygens (including phenoxy) is 1. The van der Waals surface area contributed by atoms with Crippen LogP contribution in [0.2, 0.25) is 0 Å². The highest BCUT2D eigenvalue weighted by Gasteiger charge is 2.29. The molecule has 0 aromatic heterocycles. The first kappa shape index (κ1) is 16.2. The van der Waals surface area contributed by atoms with Gasteiger partial charge in [-0.25, -0.2) is 0 Å². The lowest BCUT2D eigenvalue weighted by molar-refractivity contribution is -0.178. The zero-order valence-electron chi connectivity index (χ0n) is 11.8. The maximum Gasteiger partial charge on any atom is 0.165 e. The molecular formula is C16H26O3. The third kappa shape index (κ3) is 6.71. The summed E-state index contributed by atoms with van der Waals surface area (Å²) in [5.74, 6) is -0.764. The Kier molecular flexibility index (Phi) is 7.72. The van der Waals surface area contributed by atoms with Crippen molar-refractivity contribution in [2.24, 2.45) is 0 Å². The van der Waals surface area contributed by atoms with Crippen LogP contribution in [0.15, 0.2) is 30.3 Å². The van der Waals surface area contributed by atoms with Crippen molar-refractivity contribution in [1.29, 1.82) is 0 Å². The van der Waals surface area contributed by atoms with Crippen molar-refractivity contribution in [3.8, 4) is 0 Å². The van der Waals surface area contributed by atoms with Gasteiger partial charge < -0.3 is 14.9 Å². The van der Waals surface area contributed by atoms with Gasteiger partial charge >= 0.3 is 0 Å². The molecule has 1 saturated carbocycles. The van der Waals surface area contributed by atoms with Crippen molar-refractivity contribution in [3.63, 3.8) is 0 Å². The molecule has 2 rings (SSSR count). The highest BCUT2D eigenvalue weighted by molar-refractivity contribution is 5.14.